The van der Waals surface area contributed by atoms with Crippen molar-refractivity contribution in [2.24, 2.45) is 41.4 Å². The van der Waals surface area contributed by atoms with Crippen LogP contribution in [0.25, 0.3) is 0 Å². The van der Waals surface area contributed by atoms with E-state index in [4.69, 9.17) is 0 Å². The van der Waals surface area contributed by atoms with Crippen LogP contribution in [-0.2, 0) is 0 Å². The first kappa shape index (κ1) is 16.8. The molecule has 0 bridgehead atoms. The highest BCUT2D eigenvalue weighted by Gasteiger charge is 2.57. The lowest BCUT2D eigenvalue weighted by Crippen LogP contribution is -2.55. The molecule has 4 aliphatic rings. The van der Waals surface area contributed by atoms with E-state index < -0.39 is 0 Å². The van der Waals surface area contributed by atoms with Gasteiger partial charge in [0.1, 0.15) is 0 Å². The molecule has 4 fully saturated rings. The molecule has 2 aliphatic heterocycles. The van der Waals surface area contributed by atoms with Crippen LogP contribution in [0.1, 0.15) is 66.7 Å². The van der Waals surface area contributed by atoms with Crippen molar-refractivity contribution in [3.05, 3.63) is 0 Å². The van der Waals surface area contributed by atoms with Crippen LogP contribution in [0.3, 0.4) is 0 Å². The number of piperidine rings is 1. The highest BCUT2D eigenvalue weighted by molar-refractivity contribution is 8.00. The van der Waals surface area contributed by atoms with E-state index in [0.717, 1.165) is 64.0 Å². The maximum absolute atomic E-state index is 4.07. The minimum Gasteiger partial charge on any atom is -0.311 e. The summed E-state index contributed by atoms with van der Waals surface area (Å²) >= 11 is 2.37. The van der Waals surface area contributed by atoms with Gasteiger partial charge in [-0.25, -0.2) is 0 Å². The molecular weight excluding hydrogens is 298 g/mol. The van der Waals surface area contributed by atoms with E-state index in [1.165, 1.54) is 32.1 Å². The van der Waals surface area contributed by atoms with Gasteiger partial charge in [0.15, 0.2) is 0 Å². The zero-order chi connectivity index (χ0) is 16.3. The van der Waals surface area contributed by atoms with Crippen molar-refractivity contribution in [1.82, 2.24) is 5.32 Å². The molecule has 0 aromatic rings. The molecule has 2 aliphatic carbocycles. The Morgan fingerprint density at radius 1 is 0.783 bits per heavy atom. The fourth-order valence-electron chi connectivity index (χ4n) is 7.05. The third-order valence-electron chi connectivity index (χ3n) is 8.54. The van der Waals surface area contributed by atoms with Crippen molar-refractivity contribution >= 4 is 11.8 Å². The molecule has 23 heavy (non-hydrogen) atoms. The molecular formula is C21H37NS. The molecule has 4 rings (SSSR count). The Morgan fingerprint density at radius 2 is 1.52 bits per heavy atom. The maximum atomic E-state index is 4.07. The first-order valence-electron chi connectivity index (χ1n) is 10.4. The maximum Gasteiger partial charge on any atom is 0.0129 e. The summed E-state index contributed by atoms with van der Waals surface area (Å²) in [5.41, 5.74) is 0. The second-order valence-electron chi connectivity index (χ2n) is 9.56. The molecule has 0 amide bonds. The number of hydrogen-bond acceptors (Lipinski definition) is 2. The second-order valence-corrected chi connectivity index (χ2v) is 11.1. The van der Waals surface area contributed by atoms with E-state index >= 15 is 0 Å². The molecule has 2 heterocycles. The van der Waals surface area contributed by atoms with Gasteiger partial charge in [0.2, 0.25) is 0 Å². The molecule has 2 saturated carbocycles. The normalized spacial score (nSPS) is 59.6. The summed E-state index contributed by atoms with van der Waals surface area (Å²) in [6, 6.07) is 1.58. The summed E-state index contributed by atoms with van der Waals surface area (Å²) in [7, 11) is 0. The lowest BCUT2D eigenvalue weighted by molar-refractivity contribution is 0.0733. The number of fused-ring (bicyclic) bond motifs is 2. The Bertz CT molecular complexity index is 438. The lowest BCUT2D eigenvalue weighted by atomic mass is 9.65. The minimum absolute atomic E-state index is 0.746. The lowest BCUT2D eigenvalue weighted by Gasteiger charge is -2.48. The van der Waals surface area contributed by atoms with Crippen LogP contribution in [0, 0.1) is 41.4 Å². The first-order valence-corrected chi connectivity index (χ1v) is 11.3. The van der Waals surface area contributed by atoms with E-state index in [9.17, 15) is 0 Å². The monoisotopic (exact) mass is 335 g/mol. The van der Waals surface area contributed by atoms with Gasteiger partial charge in [-0.2, -0.15) is 11.8 Å². The van der Waals surface area contributed by atoms with Gasteiger partial charge in [-0.3, -0.25) is 0 Å². The number of rotatable bonds is 1. The third-order valence-corrected chi connectivity index (χ3v) is 10.3. The Labute approximate surface area is 148 Å². The average molecular weight is 336 g/mol. The standard InChI is InChI=1S/C21H37NS/c1-11-9-10-16-7-6-8-17(20(16)22-11)19-13(3)12(2)18-14(4)15(5)23-21(18)19/h11-22H,6-10H2,1-5H3. The average Bonchev–Trinajstić information content (AvgIpc) is 2.94. The predicted molar refractivity (Wildman–Crippen MR) is 102 cm³/mol. The number of nitrogens with one attached hydrogen (secondary N) is 1. The van der Waals surface area contributed by atoms with Crippen molar-refractivity contribution in [1.29, 1.82) is 0 Å². The Kier molecular flexibility index (Phi) is 4.54. The topological polar surface area (TPSA) is 12.0 Å². The van der Waals surface area contributed by atoms with Gasteiger partial charge in [0.25, 0.3) is 0 Å². The summed E-state index contributed by atoms with van der Waals surface area (Å²) in [6.45, 7) is 12.6. The van der Waals surface area contributed by atoms with Crippen LogP contribution in [0.15, 0.2) is 0 Å². The summed E-state index contributed by atoms with van der Waals surface area (Å²) in [5, 5.41) is 5.90. The smallest absolute Gasteiger partial charge is 0.0129 e. The number of thioether (sulfide) groups is 1. The van der Waals surface area contributed by atoms with Crippen LogP contribution in [0.2, 0.25) is 0 Å². The van der Waals surface area contributed by atoms with E-state index in [-0.39, 0.29) is 0 Å². The molecule has 11 atom stereocenters. The molecule has 0 aromatic carbocycles. The van der Waals surface area contributed by atoms with E-state index in [1.807, 2.05) is 0 Å². The van der Waals surface area contributed by atoms with Crippen molar-refractivity contribution in [3.8, 4) is 0 Å². The minimum atomic E-state index is 0.746. The SMILES string of the molecule is CC1CCC2CCCC(C3C(C)C(C)C4C(C)C(C)SC43)C2N1. The summed E-state index contributed by atoms with van der Waals surface area (Å²) in [4.78, 5) is 0. The highest BCUT2D eigenvalue weighted by Crippen LogP contribution is 2.61. The van der Waals surface area contributed by atoms with E-state index in [1.54, 1.807) is 0 Å². The molecule has 2 saturated heterocycles. The van der Waals surface area contributed by atoms with E-state index in [0.29, 0.717) is 0 Å². The zero-order valence-corrected chi connectivity index (χ0v) is 16.6. The van der Waals surface area contributed by atoms with Gasteiger partial charge in [0, 0.05) is 22.6 Å². The summed E-state index contributed by atoms with van der Waals surface area (Å²) in [6.07, 6.45) is 7.37. The molecule has 11 unspecified atom stereocenters. The van der Waals surface area contributed by atoms with Crippen molar-refractivity contribution in [2.75, 3.05) is 0 Å². The predicted octanol–water partition coefficient (Wildman–Crippen LogP) is 5.20. The molecule has 2 heteroatoms. The van der Waals surface area contributed by atoms with E-state index in [2.05, 4.69) is 51.7 Å². The molecule has 0 spiro atoms. The second kappa shape index (κ2) is 6.24. The van der Waals surface area contributed by atoms with Crippen molar-refractivity contribution < 1.29 is 0 Å². The highest BCUT2D eigenvalue weighted by atomic mass is 32.2. The van der Waals surface area contributed by atoms with Crippen LogP contribution >= 0.6 is 11.8 Å². The molecule has 0 aromatic heterocycles. The van der Waals surface area contributed by atoms with Crippen molar-refractivity contribution in [2.45, 2.75) is 89.3 Å². The zero-order valence-electron chi connectivity index (χ0n) is 15.8. The van der Waals surface area contributed by atoms with Crippen LogP contribution in [-0.4, -0.2) is 22.6 Å². The van der Waals surface area contributed by atoms with Gasteiger partial charge >= 0.3 is 0 Å². The van der Waals surface area contributed by atoms with Gasteiger partial charge in [-0.1, -0.05) is 34.1 Å². The van der Waals surface area contributed by atoms with Crippen molar-refractivity contribution in [3.63, 3.8) is 0 Å². The van der Waals surface area contributed by atoms with Gasteiger partial charge < -0.3 is 5.32 Å². The largest absolute Gasteiger partial charge is 0.311 e. The Hall–Kier alpha value is 0.310. The quantitative estimate of drug-likeness (QED) is 0.706. The van der Waals surface area contributed by atoms with Gasteiger partial charge in [0.05, 0.1) is 0 Å². The first-order chi connectivity index (χ1) is 11.0. The fraction of sp³-hybridized carbons (Fsp3) is 1.00. The number of hydrogen-bond donors (Lipinski definition) is 1. The molecule has 132 valence electrons. The molecule has 1 N–H and O–H groups in total. The van der Waals surface area contributed by atoms with Crippen LogP contribution in [0.5, 0.6) is 0 Å². The van der Waals surface area contributed by atoms with Crippen LogP contribution < -0.4 is 5.32 Å². The third kappa shape index (κ3) is 2.62. The molecule has 0 radical (unpaired) electrons. The van der Waals surface area contributed by atoms with Gasteiger partial charge in [-0.05, 0) is 74.0 Å². The Balaban J connectivity index is 1.60. The Morgan fingerprint density at radius 3 is 2.30 bits per heavy atom. The van der Waals surface area contributed by atoms with Gasteiger partial charge in [-0.15, -0.1) is 0 Å². The molecule has 1 nitrogen and oxygen atoms in total. The van der Waals surface area contributed by atoms with Crippen LogP contribution in [0.4, 0.5) is 0 Å². The fourth-order valence-corrected chi connectivity index (χ4v) is 9.28. The summed E-state index contributed by atoms with van der Waals surface area (Å²) < 4.78 is 0. The summed E-state index contributed by atoms with van der Waals surface area (Å²) in [5.74, 6) is 6.66.